The molecule has 152 valence electrons. The van der Waals surface area contributed by atoms with Crippen LogP contribution in [0.15, 0.2) is 60.7 Å². The quantitative estimate of drug-likeness (QED) is 0.422. The molecule has 0 aliphatic carbocycles. The number of carbonyl (C=O) groups is 1. The van der Waals surface area contributed by atoms with Crippen molar-refractivity contribution in [3.05, 3.63) is 83.3 Å². The summed E-state index contributed by atoms with van der Waals surface area (Å²) in [7, 11) is 0. The van der Waals surface area contributed by atoms with Gasteiger partial charge < -0.3 is 14.8 Å². The number of fused-ring (bicyclic) bond motifs is 1. The second-order valence-corrected chi connectivity index (χ2v) is 7.77. The van der Waals surface area contributed by atoms with Gasteiger partial charge in [-0.3, -0.25) is 0 Å². The largest absolute Gasteiger partial charge is 0.508 e. The van der Waals surface area contributed by atoms with Crippen LogP contribution in [0.3, 0.4) is 0 Å². The van der Waals surface area contributed by atoms with Gasteiger partial charge in [0.15, 0.2) is 0 Å². The fourth-order valence-electron chi connectivity index (χ4n) is 3.97. The van der Waals surface area contributed by atoms with E-state index in [9.17, 15) is 19.4 Å². The van der Waals surface area contributed by atoms with Gasteiger partial charge in [0.05, 0.1) is 11.1 Å². The van der Waals surface area contributed by atoms with Crippen LogP contribution in [-0.2, 0) is 0 Å². The van der Waals surface area contributed by atoms with E-state index in [2.05, 4.69) is 18.4 Å². The molecule has 0 aliphatic rings. The van der Waals surface area contributed by atoms with Crippen molar-refractivity contribution in [3.8, 4) is 22.6 Å². The molecule has 0 aliphatic heterocycles. The second kappa shape index (κ2) is 7.34. The van der Waals surface area contributed by atoms with Crippen LogP contribution in [0.25, 0.3) is 27.7 Å². The molecule has 0 saturated carbocycles. The van der Waals surface area contributed by atoms with E-state index >= 15 is 0 Å². The Morgan fingerprint density at radius 2 is 1.70 bits per heavy atom. The third-order valence-corrected chi connectivity index (χ3v) is 5.35. The van der Waals surface area contributed by atoms with Crippen molar-refractivity contribution in [1.29, 1.82) is 0 Å². The van der Waals surface area contributed by atoms with Crippen molar-refractivity contribution in [2.75, 3.05) is 0 Å². The molecule has 0 saturated heterocycles. The van der Waals surface area contributed by atoms with Crippen molar-refractivity contribution < 1.29 is 19.4 Å². The maximum Gasteiger partial charge on any atom is 0.335 e. The number of hydrogen-bond donors (Lipinski definition) is 2. The number of aromatic hydroxyl groups is 1. The average Bonchev–Trinajstić information content (AvgIpc) is 3.04. The van der Waals surface area contributed by atoms with Crippen LogP contribution in [0, 0.1) is 12.7 Å². The fraction of sp³-hybridized carbons (Fsp3) is 0.160. The van der Waals surface area contributed by atoms with Gasteiger partial charge in [-0.1, -0.05) is 26.0 Å². The van der Waals surface area contributed by atoms with Crippen LogP contribution in [0.5, 0.6) is 5.75 Å². The number of nitrogens with zero attached hydrogens (tertiary/aromatic N) is 1. The van der Waals surface area contributed by atoms with E-state index in [0.29, 0.717) is 5.56 Å². The molecule has 30 heavy (non-hydrogen) atoms. The van der Waals surface area contributed by atoms with Crippen LogP contribution in [0.1, 0.15) is 41.4 Å². The van der Waals surface area contributed by atoms with Gasteiger partial charge in [0.25, 0.3) is 0 Å². The molecule has 4 aromatic rings. The van der Waals surface area contributed by atoms with E-state index in [1.807, 2.05) is 12.1 Å². The van der Waals surface area contributed by atoms with Crippen molar-refractivity contribution >= 4 is 16.9 Å². The number of rotatable bonds is 4. The van der Waals surface area contributed by atoms with Gasteiger partial charge in [-0.05, 0) is 72.5 Å². The summed E-state index contributed by atoms with van der Waals surface area (Å²) in [4.78, 5) is 11.3. The van der Waals surface area contributed by atoms with Gasteiger partial charge in [0, 0.05) is 22.3 Å². The fourth-order valence-corrected chi connectivity index (χ4v) is 3.97. The molecular weight excluding hydrogens is 381 g/mol. The van der Waals surface area contributed by atoms with Crippen LogP contribution < -0.4 is 0 Å². The highest BCUT2D eigenvalue weighted by molar-refractivity contribution is 6.00. The summed E-state index contributed by atoms with van der Waals surface area (Å²) in [6.07, 6.45) is 0. The zero-order valence-electron chi connectivity index (χ0n) is 17.0. The van der Waals surface area contributed by atoms with Crippen LogP contribution in [-0.4, -0.2) is 20.7 Å². The Morgan fingerprint density at radius 3 is 2.30 bits per heavy atom. The van der Waals surface area contributed by atoms with Gasteiger partial charge in [0.2, 0.25) is 0 Å². The maximum absolute atomic E-state index is 13.9. The summed E-state index contributed by atoms with van der Waals surface area (Å²) in [5.41, 5.74) is 5.28. The monoisotopic (exact) mass is 403 g/mol. The predicted octanol–water partition coefficient (Wildman–Crippen LogP) is 6.27. The molecule has 4 nitrogen and oxygen atoms in total. The smallest absolute Gasteiger partial charge is 0.335 e. The third-order valence-electron chi connectivity index (χ3n) is 5.35. The SMILES string of the molecule is Cc1cc(-n2c(C(C)C)c(-c3ccc(C(=O)O)cc3)c3cc(O)ccc32)ccc1F. The molecule has 3 aromatic carbocycles. The lowest BCUT2D eigenvalue weighted by atomic mass is 9.96. The number of hydrogen-bond acceptors (Lipinski definition) is 2. The number of aromatic nitrogens is 1. The summed E-state index contributed by atoms with van der Waals surface area (Å²) < 4.78 is 16.0. The first-order chi connectivity index (χ1) is 14.3. The minimum absolute atomic E-state index is 0.110. The molecule has 0 radical (unpaired) electrons. The summed E-state index contributed by atoms with van der Waals surface area (Å²) in [5.74, 6) is -0.983. The molecule has 0 unspecified atom stereocenters. The molecule has 0 fully saturated rings. The van der Waals surface area contributed by atoms with E-state index < -0.39 is 5.97 Å². The van der Waals surface area contributed by atoms with Crippen molar-refractivity contribution in [2.45, 2.75) is 26.7 Å². The number of carboxylic acids is 1. The summed E-state index contributed by atoms with van der Waals surface area (Å²) in [5, 5.41) is 20.3. The van der Waals surface area contributed by atoms with Crippen molar-refractivity contribution in [1.82, 2.24) is 4.57 Å². The van der Waals surface area contributed by atoms with Crippen molar-refractivity contribution in [2.24, 2.45) is 0 Å². The molecular formula is C25H22FNO3. The molecule has 4 rings (SSSR count). The Bertz CT molecular complexity index is 1270. The number of aromatic carboxylic acids is 1. The lowest BCUT2D eigenvalue weighted by Crippen LogP contribution is -2.04. The molecule has 0 atom stereocenters. The van der Waals surface area contributed by atoms with Gasteiger partial charge >= 0.3 is 5.97 Å². The number of aryl methyl sites for hydroxylation is 1. The van der Waals surface area contributed by atoms with Crippen LogP contribution in [0.4, 0.5) is 4.39 Å². The summed E-state index contributed by atoms with van der Waals surface area (Å²) in [6.45, 7) is 5.89. The highest BCUT2D eigenvalue weighted by Gasteiger charge is 2.22. The molecule has 5 heteroatoms. The molecule has 0 spiro atoms. The second-order valence-electron chi connectivity index (χ2n) is 7.77. The Labute approximate surface area is 173 Å². The highest BCUT2D eigenvalue weighted by atomic mass is 19.1. The summed E-state index contributed by atoms with van der Waals surface area (Å²) in [6, 6.07) is 17.0. The van der Waals surface area contributed by atoms with E-state index in [0.717, 1.165) is 33.4 Å². The lowest BCUT2D eigenvalue weighted by molar-refractivity contribution is 0.0697. The van der Waals surface area contributed by atoms with Gasteiger partial charge in [0.1, 0.15) is 11.6 Å². The normalized spacial score (nSPS) is 11.4. The number of phenols is 1. The van der Waals surface area contributed by atoms with Crippen LogP contribution in [0.2, 0.25) is 0 Å². The highest BCUT2D eigenvalue weighted by Crippen LogP contribution is 2.42. The number of benzene rings is 3. The number of halogens is 1. The molecule has 2 N–H and O–H groups in total. The lowest BCUT2D eigenvalue weighted by Gasteiger charge is -2.16. The third kappa shape index (κ3) is 3.22. The van der Waals surface area contributed by atoms with Gasteiger partial charge in [-0.15, -0.1) is 0 Å². The van der Waals surface area contributed by atoms with E-state index in [1.54, 1.807) is 49.4 Å². The number of carboxylic acid groups (broad SMARTS) is 1. The van der Waals surface area contributed by atoms with Gasteiger partial charge in [-0.25, -0.2) is 9.18 Å². The first-order valence-electron chi connectivity index (χ1n) is 9.75. The summed E-state index contributed by atoms with van der Waals surface area (Å²) >= 11 is 0. The van der Waals surface area contributed by atoms with E-state index in [1.165, 1.54) is 6.07 Å². The molecule has 0 amide bonds. The minimum Gasteiger partial charge on any atom is -0.508 e. The zero-order valence-corrected chi connectivity index (χ0v) is 17.0. The Kier molecular flexibility index (Phi) is 4.82. The Morgan fingerprint density at radius 1 is 1.00 bits per heavy atom. The zero-order chi connectivity index (χ0) is 21.6. The molecule has 0 bridgehead atoms. The van der Waals surface area contributed by atoms with E-state index in [4.69, 9.17) is 0 Å². The minimum atomic E-state index is -0.979. The standard InChI is InChI=1S/C25H22FNO3/c1-14(2)24-23(16-4-6-17(7-5-16)25(29)30)20-13-19(28)9-11-22(20)27(24)18-8-10-21(26)15(3)12-18/h4-14,28H,1-3H3,(H,29,30). The van der Waals surface area contributed by atoms with E-state index in [-0.39, 0.29) is 23.0 Å². The predicted molar refractivity (Wildman–Crippen MR) is 116 cm³/mol. The Hall–Kier alpha value is -3.60. The van der Waals surface area contributed by atoms with Crippen molar-refractivity contribution in [3.63, 3.8) is 0 Å². The molecule has 1 heterocycles. The van der Waals surface area contributed by atoms with Crippen LogP contribution >= 0.6 is 0 Å². The maximum atomic E-state index is 13.9. The number of phenolic OH excluding ortho intramolecular Hbond substituents is 1. The topological polar surface area (TPSA) is 62.5 Å². The Balaban J connectivity index is 2.09. The van der Waals surface area contributed by atoms with Gasteiger partial charge in [-0.2, -0.15) is 0 Å². The average molecular weight is 403 g/mol. The first kappa shape index (κ1) is 19.7. The molecule has 1 aromatic heterocycles. The first-order valence-corrected chi connectivity index (χ1v) is 9.75.